The number of fused-ring (bicyclic) bond motifs is 1. The fraction of sp³-hybridized carbons (Fsp3) is 0.217. The topological polar surface area (TPSA) is 86.1 Å². The molecule has 0 unspecified atom stereocenters. The van der Waals surface area contributed by atoms with Gasteiger partial charge in [-0.25, -0.2) is 9.78 Å². The number of nitrogens with one attached hydrogen (secondary N) is 1. The first kappa shape index (κ1) is 22.0. The molecule has 0 atom stereocenters. The summed E-state index contributed by atoms with van der Waals surface area (Å²) in [6.07, 6.45) is 1.75. The van der Waals surface area contributed by atoms with Crippen LogP contribution in [0.4, 0.5) is 0 Å². The van der Waals surface area contributed by atoms with Gasteiger partial charge in [0.25, 0.3) is 0 Å². The van der Waals surface area contributed by atoms with Crippen molar-refractivity contribution in [1.82, 2.24) is 19.9 Å². The number of hydrogen-bond donors (Lipinski definition) is 1. The average molecular weight is 467 g/mol. The van der Waals surface area contributed by atoms with E-state index >= 15 is 0 Å². The van der Waals surface area contributed by atoms with E-state index in [4.69, 9.17) is 9.72 Å². The molecule has 0 aliphatic rings. The SMILES string of the molecule is CCOC(=O)c1ccc2c(c1)nc(SCC(=O)NCc1cccs1)n2Cc1ccccn1. The second kappa shape index (κ2) is 10.4. The molecule has 1 amide bonds. The van der Waals surface area contributed by atoms with Gasteiger partial charge in [-0.1, -0.05) is 23.9 Å². The van der Waals surface area contributed by atoms with E-state index in [1.807, 2.05) is 46.3 Å². The molecule has 1 N–H and O–H groups in total. The number of imidazole rings is 1. The van der Waals surface area contributed by atoms with Crippen LogP contribution in [-0.4, -0.2) is 38.8 Å². The van der Waals surface area contributed by atoms with Gasteiger partial charge < -0.3 is 14.6 Å². The summed E-state index contributed by atoms with van der Waals surface area (Å²) in [6.45, 7) is 3.11. The molecular weight excluding hydrogens is 444 g/mol. The van der Waals surface area contributed by atoms with Gasteiger partial charge in [-0.05, 0) is 48.7 Å². The number of nitrogens with zero attached hydrogens (tertiary/aromatic N) is 3. The number of rotatable bonds is 9. The molecule has 9 heteroatoms. The van der Waals surface area contributed by atoms with Crippen molar-refractivity contribution in [3.05, 3.63) is 76.2 Å². The minimum atomic E-state index is -0.379. The number of carbonyl (C=O) groups is 2. The average Bonchev–Trinajstić information content (AvgIpc) is 3.45. The van der Waals surface area contributed by atoms with Crippen LogP contribution in [0.25, 0.3) is 11.0 Å². The standard InChI is InChI=1S/C23H22N4O3S2/c1-2-30-22(29)16-8-9-20-19(12-16)26-23(27(20)14-17-6-3-4-10-24-17)32-15-21(28)25-13-18-7-5-11-31-18/h3-12H,2,13-15H2,1H3,(H,25,28). The summed E-state index contributed by atoms with van der Waals surface area (Å²) in [4.78, 5) is 34.7. The molecule has 0 aliphatic heterocycles. The van der Waals surface area contributed by atoms with Gasteiger partial charge in [0.1, 0.15) is 0 Å². The minimum Gasteiger partial charge on any atom is -0.462 e. The summed E-state index contributed by atoms with van der Waals surface area (Å²) < 4.78 is 7.12. The van der Waals surface area contributed by atoms with Crippen LogP contribution in [0.15, 0.2) is 65.3 Å². The molecule has 3 aromatic heterocycles. The number of thioether (sulfide) groups is 1. The van der Waals surface area contributed by atoms with Crippen molar-refractivity contribution in [3.8, 4) is 0 Å². The third-order valence-electron chi connectivity index (χ3n) is 4.64. The zero-order chi connectivity index (χ0) is 22.3. The van der Waals surface area contributed by atoms with Crippen molar-refractivity contribution in [2.75, 3.05) is 12.4 Å². The van der Waals surface area contributed by atoms with Gasteiger partial charge in [0, 0.05) is 11.1 Å². The number of benzene rings is 1. The molecular formula is C23H22N4O3S2. The third kappa shape index (κ3) is 5.35. The van der Waals surface area contributed by atoms with E-state index in [9.17, 15) is 9.59 Å². The fourth-order valence-electron chi connectivity index (χ4n) is 3.15. The maximum atomic E-state index is 12.4. The highest BCUT2D eigenvalue weighted by Crippen LogP contribution is 2.26. The number of carbonyl (C=O) groups excluding carboxylic acids is 2. The summed E-state index contributed by atoms with van der Waals surface area (Å²) in [5.41, 5.74) is 2.87. The number of ether oxygens (including phenoxy) is 1. The molecule has 7 nitrogen and oxygen atoms in total. The maximum absolute atomic E-state index is 12.4. The Balaban J connectivity index is 1.56. The first-order valence-corrected chi connectivity index (χ1v) is 12.0. The van der Waals surface area contributed by atoms with Crippen LogP contribution in [0.1, 0.15) is 27.9 Å². The summed E-state index contributed by atoms with van der Waals surface area (Å²) in [7, 11) is 0. The third-order valence-corrected chi connectivity index (χ3v) is 6.50. The summed E-state index contributed by atoms with van der Waals surface area (Å²) in [5.74, 6) is -0.204. The predicted octanol–water partition coefficient (Wildman–Crippen LogP) is 4.13. The fourth-order valence-corrected chi connectivity index (χ4v) is 4.63. The Morgan fingerprint density at radius 3 is 2.84 bits per heavy atom. The van der Waals surface area contributed by atoms with Gasteiger partial charge in [-0.15, -0.1) is 11.3 Å². The zero-order valence-electron chi connectivity index (χ0n) is 17.5. The second-order valence-corrected chi connectivity index (χ2v) is 8.85. The largest absolute Gasteiger partial charge is 0.462 e. The quantitative estimate of drug-likeness (QED) is 0.295. The van der Waals surface area contributed by atoms with Crippen molar-refractivity contribution in [1.29, 1.82) is 0 Å². The first-order valence-electron chi connectivity index (χ1n) is 10.1. The lowest BCUT2D eigenvalue weighted by atomic mass is 10.2. The Kier molecular flexibility index (Phi) is 7.18. The van der Waals surface area contributed by atoms with Gasteiger partial charge >= 0.3 is 5.97 Å². The smallest absolute Gasteiger partial charge is 0.338 e. The first-order chi connectivity index (χ1) is 15.6. The Morgan fingerprint density at radius 2 is 2.09 bits per heavy atom. The van der Waals surface area contributed by atoms with Crippen LogP contribution in [0.3, 0.4) is 0 Å². The van der Waals surface area contributed by atoms with Crippen LogP contribution in [0, 0.1) is 0 Å². The van der Waals surface area contributed by atoms with Crippen molar-refractivity contribution < 1.29 is 14.3 Å². The zero-order valence-corrected chi connectivity index (χ0v) is 19.1. The molecule has 3 heterocycles. The van der Waals surface area contributed by atoms with E-state index in [1.54, 1.807) is 36.6 Å². The van der Waals surface area contributed by atoms with Crippen LogP contribution >= 0.6 is 23.1 Å². The van der Waals surface area contributed by atoms with Gasteiger partial charge in [-0.3, -0.25) is 9.78 Å². The molecule has 0 saturated heterocycles. The van der Waals surface area contributed by atoms with Crippen molar-refractivity contribution in [2.45, 2.75) is 25.2 Å². The molecule has 0 bridgehead atoms. The lowest BCUT2D eigenvalue weighted by molar-refractivity contribution is -0.118. The minimum absolute atomic E-state index is 0.0629. The van der Waals surface area contributed by atoms with E-state index in [0.29, 0.717) is 35.9 Å². The summed E-state index contributed by atoms with van der Waals surface area (Å²) in [5, 5.41) is 5.62. The van der Waals surface area contributed by atoms with E-state index < -0.39 is 0 Å². The molecule has 164 valence electrons. The molecule has 4 aromatic rings. The summed E-state index contributed by atoms with van der Waals surface area (Å²) in [6, 6.07) is 15.0. The van der Waals surface area contributed by atoms with E-state index in [0.717, 1.165) is 16.1 Å². The Labute approximate surface area is 193 Å². The Bertz CT molecular complexity index is 1210. The van der Waals surface area contributed by atoms with Gasteiger partial charge in [0.2, 0.25) is 5.91 Å². The number of esters is 1. The number of thiophene rings is 1. The molecule has 32 heavy (non-hydrogen) atoms. The predicted molar refractivity (Wildman–Crippen MR) is 126 cm³/mol. The van der Waals surface area contributed by atoms with E-state index in [2.05, 4.69) is 10.3 Å². The van der Waals surface area contributed by atoms with E-state index in [-0.39, 0.29) is 17.6 Å². The van der Waals surface area contributed by atoms with Gasteiger partial charge in [0.05, 0.1) is 47.7 Å². The number of pyridine rings is 1. The van der Waals surface area contributed by atoms with Crippen molar-refractivity contribution in [2.24, 2.45) is 0 Å². The highest BCUT2D eigenvalue weighted by atomic mass is 32.2. The highest BCUT2D eigenvalue weighted by Gasteiger charge is 2.16. The number of aromatic nitrogens is 3. The van der Waals surface area contributed by atoms with Crippen molar-refractivity contribution in [3.63, 3.8) is 0 Å². The molecule has 0 spiro atoms. The molecule has 1 aromatic carbocycles. The van der Waals surface area contributed by atoms with Crippen LogP contribution in [-0.2, 0) is 22.6 Å². The maximum Gasteiger partial charge on any atom is 0.338 e. The van der Waals surface area contributed by atoms with Crippen LogP contribution in [0.5, 0.6) is 0 Å². The lowest BCUT2D eigenvalue weighted by Crippen LogP contribution is -2.24. The van der Waals surface area contributed by atoms with Gasteiger partial charge in [0.15, 0.2) is 5.16 Å². The molecule has 0 aliphatic carbocycles. The highest BCUT2D eigenvalue weighted by molar-refractivity contribution is 7.99. The van der Waals surface area contributed by atoms with Crippen LogP contribution < -0.4 is 5.32 Å². The monoisotopic (exact) mass is 466 g/mol. The molecule has 0 saturated carbocycles. The normalized spacial score (nSPS) is 10.9. The Hall–Kier alpha value is -3.17. The second-order valence-electron chi connectivity index (χ2n) is 6.87. The van der Waals surface area contributed by atoms with E-state index in [1.165, 1.54) is 11.8 Å². The van der Waals surface area contributed by atoms with Crippen LogP contribution in [0.2, 0.25) is 0 Å². The Morgan fingerprint density at radius 1 is 1.19 bits per heavy atom. The molecule has 0 radical (unpaired) electrons. The van der Waals surface area contributed by atoms with Gasteiger partial charge in [-0.2, -0.15) is 0 Å². The lowest BCUT2D eigenvalue weighted by Gasteiger charge is -2.09. The summed E-state index contributed by atoms with van der Waals surface area (Å²) >= 11 is 2.97. The number of amides is 1. The molecule has 0 fully saturated rings. The molecule has 4 rings (SSSR count). The number of hydrogen-bond acceptors (Lipinski definition) is 7. The van der Waals surface area contributed by atoms with Crippen molar-refractivity contribution >= 4 is 46.0 Å².